The molecular formula is C17H15ClF3N3O. The van der Waals surface area contributed by atoms with Gasteiger partial charge in [0.1, 0.15) is 5.52 Å². The van der Waals surface area contributed by atoms with E-state index in [1.54, 1.807) is 19.1 Å². The van der Waals surface area contributed by atoms with Crippen molar-refractivity contribution in [3.63, 3.8) is 0 Å². The fourth-order valence-electron chi connectivity index (χ4n) is 2.34. The Labute approximate surface area is 147 Å². The zero-order valence-corrected chi connectivity index (χ0v) is 14.5. The summed E-state index contributed by atoms with van der Waals surface area (Å²) in [5.41, 5.74) is -0.519. The molecule has 0 radical (unpaired) electrons. The van der Waals surface area contributed by atoms with Crippen molar-refractivity contribution in [1.82, 2.24) is 14.8 Å². The van der Waals surface area contributed by atoms with Crippen molar-refractivity contribution in [2.75, 3.05) is 0 Å². The third-order valence-corrected chi connectivity index (χ3v) is 3.65. The van der Waals surface area contributed by atoms with Crippen LogP contribution in [0.1, 0.15) is 35.5 Å². The van der Waals surface area contributed by atoms with E-state index >= 15 is 0 Å². The summed E-state index contributed by atoms with van der Waals surface area (Å²) in [5, 5.41) is 3.73. The summed E-state index contributed by atoms with van der Waals surface area (Å²) < 4.78 is 40.4. The van der Waals surface area contributed by atoms with Crippen LogP contribution >= 0.6 is 11.6 Å². The third-order valence-electron chi connectivity index (χ3n) is 3.33. The fourth-order valence-corrected chi connectivity index (χ4v) is 2.59. The number of nitrogens with zero attached hydrogens (tertiary/aromatic N) is 3. The number of benzene rings is 1. The molecule has 2 aromatic heterocycles. The first-order chi connectivity index (χ1) is 11.8. The summed E-state index contributed by atoms with van der Waals surface area (Å²) in [6, 6.07) is 6.33. The molecule has 0 fully saturated rings. The molecule has 3 rings (SSSR count). The van der Waals surface area contributed by atoms with E-state index in [9.17, 15) is 18.0 Å². The zero-order chi connectivity index (χ0) is 18.8. The molecule has 0 atom stereocenters. The van der Waals surface area contributed by atoms with Gasteiger partial charge in [-0.2, -0.15) is 23.0 Å². The fraction of sp³-hybridized carbons (Fsp3) is 0.235. The SMILES string of the molecule is CC.Cc1nn(C(=O)c2c(Cl)cccc2C(F)(F)F)c2cccnc12. The largest absolute Gasteiger partial charge is 0.417 e. The van der Waals surface area contributed by atoms with Crippen molar-refractivity contribution in [3.8, 4) is 0 Å². The van der Waals surface area contributed by atoms with Crippen molar-refractivity contribution in [2.45, 2.75) is 26.9 Å². The number of alkyl halides is 3. The lowest BCUT2D eigenvalue weighted by molar-refractivity contribution is -0.137. The summed E-state index contributed by atoms with van der Waals surface area (Å²) in [6.45, 7) is 5.62. The summed E-state index contributed by atoms with van der Waals surface area (Å²) >= 11 is 5.86. The summed E-state index contributed by atoms with van der Waals surface area (Å²) in [7, 11) is 0. The normalized spacial score (nSPS) is 11.2. The van der Waals surface area contributed by atoms with E-state index in [0.717, 1.165) is 16.8 Å². The number of carbonyl (C=O) groups is 1. The van der Waals surface area contributed by atoms with Crippen LogP contribution in [0.4, 0.5) is 13.2 Å². The van der Waals surface area contributed by atoms with E-state index in [4.69, 9.17) is 11.6 Å². The molecule has 4 nitrogen and oxygen atoms in total. The van der Waals surface area contributed by atoms with Crippen LogP contribution in [0.25, 0.3) is 11.0 Å². The van der Waals surface area contributed by atoms with Crippen LogP contribution in [-0.4, -0.2) is 20.7 Å². The molecule has 0 N–H and O–H groups in total. The summed E-state index contributed by atoms with van der Waals surface area (Å²) in [6.07, 6.45) is -3.19. The second-order valence-corrected chi connectivity index (χ2v) is 5.24. The molecule has 3 aromatic rings. The van der Waals surface area contributed by atoms with Crippen LogP contribution in [0, 0.1) is 6.92 Å². The van der Waals surface area contributed by atoms with Gasteiger partial charge in [-0.15, -0.1) is 0 Å². The Hall–Kier alpha value is -2.41. The van der Waals surface area contributed by atoms with Crippen LogP contribution < -0.4 is 0 Å². The van der Waals surface area contributed by atoms with Crippen LogP contribution in [0.5, 0.6) is 0 Å². The highest BCUT2D eigenvalue weighted by molar-refractivity contribution is 6.34. The number of fused-ring (bicyclic) bond motifs is 1. The van der Waals surface area contributed by atoms with Gasteiger partial charge in [-0.05, 0) is 31.2 Å². The van der Waals surface area contributed by atoms with Gasteiger partial charge in [-0.1, -0.05) is 31.5 Å². The number of halogens is 4. The molecule has 0 aliphatic rings. The van der Waals surface area contributed by atoms with Crippen LogP contribution in [-0.2, 0) is 6.18 Å². The van der Waals surface area contributed by atoms with Gasteiger partial charge in [-0.25, -0.2) is 0 Å². The quantitative estimate of drug-likeness (QED) is 0.597. The molecule has 132 valence electrons. The van der Waals surface area contributed by atoms with E-state index in [1.807, 2.05) is 13.8 Å². The minimum absolute atomic E-state index is 0.282. The standard InChI is InChI=1S/C15H9ClF3N3O.C2H6/c1-8-13-11(6-3-7-20-13)22(21-8)14(23)12-9(15(17,18)19)4-2-5-10(12)16;1-2/h2-7H,1H3;1-2H3. The lowest BCUT2D eigenvalue weighted by Crippen LogP contribution is -2.20. The maximum absolute atomic E-state index is 13.2. The van der Waals surface area contributed by atoms with Crippen molar-refractivity contribution in [2.24, 2.45) is 0 Å². The average Bonchev–Trinajstić information content (AvgIpc) is 2.92. The van der Waals surface area contributed by atoms with Crippen LogP contribution in [0.3, 0.4) is 0 Å². The predicted molar refractivity (Wildman–Crippen MR) is 89.8 cm³/mol. The van der Waals surface area contributed by atoms with Gasteiger partial charge in [0.15, 0.2) is 0 Å². The molecule has 0 amide bonds. The topological polar surface area (TPSA) is 47.8 Å². The highest BCUT2D eigenvalue weighted by Gasteiger charge is 2.37. The smallest absolute Gasteiger partial charge is 0.267 e. The zero-order valence-electron chi connectivity index (χ0n) is 13.7. The molecule has 0 aliphatic carbocycles. The second kappa shape index (κ2) is 7.23. The number of pyridine rings is 1. The maximum atomic E-state index is 13.2. The van der Waals surface area contributed by atoms with E-state index in [-0.39, 0.29) is 5.02 Å². The van der Waals surface area contributed by atoms with Crippen LogP contribution in [0.2, 0.25) is 5.02 Å². The van der Waals surface area contributed by atoms with Gasteiger partial charge in [0.05, 0.1) is 27.4 Å². The van der Waals surface area contributed by atoms with Crippen molar-refractivity contribution >= 4 is 28.5 Å². The highest BCUT2D eigenvalue weighted by Crippen LogP contribution is 2.35. The molecule has 0 aliphatic heterocycles. The summed E-state index contributed by atoms with van der Waals surface area (Å²) in [5.74, 6) is -0.950. The Balaban J connectivity index is 0.00000109. The first-order valence-corrected chi connectivity index (χ1v) is 7.89. The lowest BCUT2D eigenvalue weighted by atomic mass is 10.1. The number of rotatable bonds is 1. The maximum Gasteiger partial charge on any atom is 0.417 e. The average molecular weight is 370 g/mol. The molecule has 0 spiro atoms. The Kier molecular flexibility index (Phi) is 5.47. The molecule has 0 saturated heterocycles. The van der Waals surface area contributed by atoms with E-state index < -0.39 is 23.2 Å². The Bertz CT molecular complexity index is 919. The molecule has 0 unspecified atom stereocenters. The minimum atomic E-state index is -4.70. The number of carbonyl (C=O) groups excluding carboxylic acids is 1. The Morgan fingerprint density at radius 3 is 2.48 bits per heavy atom. The predicted octanol–water partition coefficient (Wildman–Crippen LogP) is 5.13. The molecule has 8 heteroatoms. The summed E-state index contributed by atoms with van der Waals surface area (Å²) in [4.78, 5) is 16.7. The second-order valence-electron chi connectivity index (χ2n) is 4.83. The van der Waals surface area contributed by atoms with Gasteiger partial charge in [-0.3, -0.25) is 9.78 Å². The van der Waals surface area contributed by atoms with Crippen molar-refractivity contribution < 1.29 is 18.0 Å². The van der Waals surface area contributed by atoms with Gasteiger partial charge >= 0.3 is 6.18 Å². The van der Waals surface area contributed by atoms with Crippen molar-refractivity contribution in [1.29, 1.82) is 0 Å². The number of aromatic nitrogens is 3. The monoisotopic (exact) mass is 369 g/mol. The van der Waals surface area contributed by atoms with Gasteiger partial charge < -0.3 is 0 Å². The number of aryl methyl sites for hydroxylation is 1. The van der Waals surface area contributed by atoms with E-state index in [0.29, 0.717) is 16.7 Å². The molecule has 1 aromatic carbocycles. The molecule has 25 heavy (non-hydrogen) atoms. The van der Waals surface area contributed by atoms with Gasteiger partial charge in [0.2, 0.25) is 0 Å². The van der Waals surface area contributed by atoms with Crippen molar-refractivity contribution in [3.05, 3.63) is 58.4 Å². The first-order valence-electron chi connectivity index (χ1n) is 7.51. The van der Waals surface area contributed by atoms with Gasteiger partial charge in [0.25, 0.3) is 5.91 Å². The number of hydrogen-bond acceptors (Lipinski definition) is 3. The van der Waals surface area contributed by atoms with Crippen LogP contribution in [0.15, 0.2) is 36.5 Å². The number of hydrogen-bond donors (Lipinski definition) is 0. The third kappa shape index (κ3) is 3.51. The van der Waals surface area contributed by atoms with E-state index in [1.165, 1.54) is 12.3 Å². The molecule has 0 bridgehead atoms. The minimum Gasteiger partial charge on any atom is -0.267 e. The lowest BCUT2D eigenvalue weighted by Gasteiger charge is -2.13. The molecule has 0 saturated carbocycles. The Morgan fingerprint density at radius 2 is 1.84 bits per heavy atom. The van der Waals surface area contributed by atoms with E-state index in [2.05, 4.69) is 10.1 Å². The molecule has 2 heterocycles. The highest BCUT2D eigenvalue weighted by atomic mass is 35.5. The Morgan fingerprint density at radius 1 is 1.16 bits per heavy atom. The first kappa shape index (κ1) is 18.9. The van der Waals surface area contributed by atoms with Gasteiger partial charge in [0, 0.05) is 6.20 Å². The molecular weight excluding hydrogens is 355 g/mol.